The zero-order valence-electron chi connectivity index (χ0n) is 7.94. The van der Waals surface area contributed by atoms with Gasteiger partial charge >= 0.3 is 0 Å². The molecule has 1 aromatic rings. The quantitative estimate of drug-likeness (QED) is 0.624. The van der Waals surface area contributed by atoms with Gasteiger partial charge in [-0.1, -0.05) is 0 Å². The number of hydrogen-bond donors (Lipinski definition) is 2. The Morgan fingerprint density at radius 3 is 3.13 bits per heavy atom. The molecule has 1 aliphatic heterocycles. The van der Waals surface area contributed by atoms with Gasteiger partial charge in [-0.25, -0.2) is 15.8 Å². The predicted octanol–water partition coefficient (Wildman–Crippen LogP) is 0.692. The highest BCUT2D eigenvalue weighted by molar-refractivity contribution is 9.10. The first-order chi connectivity index (χ1) is 7.31. The third-order valence-electron chi connectivity index (χ3n) is 2.06. The van der Waals surface area contributed by atoms with Crippen LogP contribution in [0.15, 0.2) is 10.8 Å². The second-order valence-electron chi connectivity index (χ2n) is 3.09. The Morgan fingerprint density at radius 2 is 2.47 bits per heavy atom. The van der Waals surface area contributed by atoms with Gasteiger partial charge in [-0.15, -0.1) is 0 Å². The van der Waals surface area contributed by atoms with Crippen LogP contribution in [-0.2, 0) is 4.74 Å². The Morgan fingerprint density at radius 1 is 1.60 bits per heavy atom. The zero-order chi connectivity index (χ0) is 10.7. The Bertz CT molecular complexity index is 343. The van der Waals surface area contributed by atoms with Gasteiger partial charge < -0.3 is 14.9 Å². The molecular weight excluding hydrogens is 264 g/mol. The van der Waals surface area contributed by atoms with Crippen LogP contribution in [0.3, 0.4) is 0 Å². The van der Waals surface area contributed by atoms with Gasteiger partial charge in [0.25, 0.3) is 0 Å². The van der Waals surface area contributed by atoms with Gasteiger partial charge in [-0.3, -0.25) is 0 Å². The SMILES string of the molecule is NNc1ncnc(OC2CCOC2)c1Br. The van der Waals surface area contributed by atoms with Crippen LogP contribution in [0.25, 0.3) is 0 Å². The molecule has 0 aliphatic carbocycles. The van der Waals surface area contributed by atoms with Crippen LogP contribution in [0.5, 0.6) is 5.88 Å². The van der Waals surface area contributed by atoms with Crippen molar-refractivity contribution in [2.24, 2.45) is 5.84 Å². The topological polar surface area (TPSA) is 82.3 Å². The van der Waals surface area contributed by atoms with E-state index in [0.29, 0.717) is 22.8 Å². The highest BCUT2D eigenvalue weighted by atomic mass is 79.9. The molecule has 0 amide bonds. The number of aromatic nitrogens is 2. The van der Waals surface area contributed by atoms with Crippen molar-refractivity contribution in [2.45, 2.75) is 12.5 Å². The summed E-state index contributed by atoms with van der Waals surface area (Å²) < 4.78 is 11.5. The molecule has 1 aromatic heterocycles. The molecule has 0 spiro atoms. The maximum absolute atomic E-state index is 5.63. The number of ether oxygens (including phenoxy) is 2. The van der Waals surface area contributed by atoms with Crippen LogP contribution in [-0.4, -0.2) is 29.3 Å². The maximum atomic E-state index is 5.63. The molecule has 0 saturated carbocycles. The number of rotatable bonds is 3. The number of halogens is 1. The van der Waals surface area contributed by atoms with E-state index in [1.807, 2.05) is 0 Å². The third kappa shape index (κ3) is 2.36. The van der Waals surface area contributed by atoms with E-state index in [9.17, 15) is 0 Å². The maximum Gasteiger partial charge on any atom is 0.233 e. The first kappa shape index (κ1) is 10.6. The average Bonchev–Trinajstić information content (AvgIpc) is 2.74. The van der Waals surface area contributed by atoms with E-state index in [2.05, 4.69) is 31.3 Å². The molecule has 6 nitrogen and oxygen atoms in total. The molecule has 3 N–H and O–H groups in total. The molecule has 1 atom stereocenters. The van der Waals surface area contributed by atoms with Crippen molar-refractivity contribution in [3.8, 4) is 5.88 Å². The number of nitrogens with two attached hydrogens (primary N) is 1. The summed E-state index contributed by atoms with van der Waals surface area (Å²) in [5.74, 6) is 6.26. The van der Waals surface area contributed by atoms with Crippen molar-refractivity contribution >= 4 is 21.7 Å². The van der Waals surface area contributed by atoms with Gasteiger partial charge in [0.1, 0.15) is 16.9 Å². The molecule has 1 fully saturated rings. The van der Waals surface area contributed by atoms with E-state index < -0.39 is 0 Å². The second-order valence-corrected chi connectivity index (χ2v) is 3.88. The van der Waals surface area contributed by atoms with Gasteiger partial charge in [0.05, 0.1) is 13.2 Å². The van der Waals surface area contributed by atoms with Crippen molar-refractivity contribution in [3.63, 3.8) is 0 Å². The highest BCUT2D eigenvalue weighted by Gasteiger charge is 2.20. The number of nitrogens with one attached hydrogen (secondary N) is 1. The number of anilines is 1. The number of hydrogen-bond acceptors (Lipinski definition) is 6. The zero-order valence-corrected chi connectivity index (χ0v) is 9.53. The molecule has 0 bridgehead atoms. The smallest absolute Gasteiger partial charge is 0.233 e. The molecule has 2 rings (SSSR count). The Kier molecular flexibility index (Phi) is 3.34. The fourth-order valence-corrected chi connectivity index (χ4v) is 1.71. The summed E-state index contributed by atoms with van der Waals surface area (Å²) >= 11 is 3.32. The summed E-state index contributed by atoms with van der Waals surface area (Å²) in [6.07, 6.45) is 2.33. The van der Waals surface area contributed by atoms with Crippen molar-refractivity contribution in [3.05, 3.63) is 10.8 Å². The van der Waals surface area contributed by atoms with Crippen LogP contribution in [0.4, 0.5) is 5.82 Å². The van der Waals surface area contributed by atoms with Gasteiger partial charge in [0.15, 0.2) is 5.82 Å². The lowest BCUT2D eigenvalue weighted by Gasteiger charge is -2.12. The molecule has 1 saturated heterocycles. The van der Waals surface area contributed by atoms with Gasteiger partial charge in [-0.2, -0.15) is 0 Å². The van der Waals surface area contributed by atoms with Crippen LogP contribution in [0.2, 0.25) is 0 Å². The molecular formula is C8H11BrN4O2. The van der Waals surface area contributed by atoms with E-state index >= 15 is 0 Å². The lowest BCUT2D eigenvalue weighted by Crippen LogP contribution is -2.18. The van der Waals surface area contributed by atoms with Crippen LogP contribution in [0, 0.1) is 0 Å². The summed E-state index contributed by atoms with van der Waals surface area (Å²) in [5, 5.41) is 0. The van der Waals surface area contributed by atoms with Crippen LogP contribution >= 0.6 is 15.9 Å². The minimum absolute atomic E-state index is 0.0572. The minimum Gasteiger partial charge on any atom is -0.471 e. The predicted molar refractivity (Wildman–Crippen MR) is 57.4 cm³/mol. The third-order valence-corrected chi connectivity index (χ3v) is 2.78. The van der Waals surface area contributed by atoms with E-state index in [1.54, 1.807) is 0 Å². The van der Waals surface area contributed by atoms with Crippen molar-refractivity contribution in [1.82, 2.24) is 9.97 Å². The summed E-state index contributed by atoms with van der Waals surface area (Å²) in [6, 6.07) is 0. The van der Waals surface area contributed by atoms with Gasteiger partial charge in [0, 0.05) is 6.42 Å². The van der Waals surface area contributed by atoms with Crippen LogP contribution in [0.1, 0.15) is 6.42 Å². The molecule has 0 aromatic carbocycles. The summed E-state index contributed by atoms with van der Waals surface area (Å²) in [5.41, 5.74) is 2.45. The molecule has 82 valence electrons. The minimum atomic E-state index is 0.0572. The first-order valence-electron chi connectivity index (χ1n) is 4.52. The lowest BCUT2D eigenvalue weighted by molar-refractivity contribution is 0.137. The number of nitrogens with zero attached hydrogens (tertiary/aromatic N) is 2. The highest BCUT2D eigenvalue weighted by Crippen LogP contribution is 2.29. The van der Waals surface area contributed by atoms with E-state index in [1.165, 1.54) is 6.33 Å². The Hall–Kier alpha value is -0.920. The van der Waals surface area contributed by atoms with Crippen molar-refractivity contribution in [2.75, 3.05) is 18.6 Å². The molecule has 0 radical (unpaired) electrons. The Balaban J connectivity index is 2.13. The first-order valence-corrected chi connectivity index (χ1v) is 5.32. The van der Waals surface area contributed by atoms with Gasteiger partial charge in [-0.05, 0) is 15.9 Å². The van der Waals surface area contributed by atoms with E-state index in [4.69, 9.17) is 15.3 Å². The van der Waals surface area contributed by atoms with E-state index in [-0.39, 0.29) is 6.10 Å². The molecule has 15 heavy (non-hydrogen) atoms. The van der Waals surface area contributed by atoms with E-state index in [0.717, 1.165) is 13.0 Å². The fraction of sp³-hybridized carbons (Fsp3) is 0.500. The molecule has 1 aliphatic rings. The summed E-state index contributed by atoms with van der Waals surface area (Å²) in [6.45, 7) is 1.33. The van der Waals surface area contributed by atoms with Crippen molar-refractivity contribution in [1.29, 1.82) is 0 Å². The van der Waals surface area contributed by atoms with Gasteiger partial charge in [0.2, 0.25) is 5.88 Å². The average molecular weight is 275 g/mol. The summed E-state index contributed by atoms with van der Waals surface area (Å²) in [7, 11) is 0. The second kappa shape index (κ2) is 4.73. The largest absolute Gasteiger partial charge is 0.471 e. The number of nitrogen functional groups attached to an aromatic ring is 1. The lowest BCUT2D eigenvalue weighted by atomic mass is 10.3. The molecule has 7 heteroatoms. The normalized spacial score (nSPS) is 20.3. The standard InChI is InChI=1S/C8H11BrN4O2/c9-6-7(13-10)11-4-12-8(6)15-5-1-2-14-3-5/h4-5H,1-3,10H2,(H,11,12,13). The van der Waals surface area contributed by atoms with Crippen LogP contribution < -0.4 is 16.0 Å². The molecule has 2 heterocycles. The fourth-order valence-electron chi connectivity index (χ4n) is 1.30. The molecule has 1 unspecified atom stereocenters. The number of hydrazine groups is 1. The van der Waals surface area contributed by atoms with Crippen molar-refractivity contribution < 1.29 is 9.47 Å². The monoisotopic (exact) mass is 274 g/mol. The summed E-state index contributed by atoms with van der Waals surface area (Å²) in [4.78, 5) is 7.95. The Labute approximate surface area is 95.3 Å².